The summed E-state index contributed by atoms with van der Waals surface area (Å²) in [7, 11) is 0. The molecule has 160 valence electrons. The van der Waals surface area contributed by atoms with Gasteiger partial charge in [0.2, 0.25) is 0 Å². The number of unbranched alkanes of at least 4 members (excludes halogenated alkanes) is 4. The van der Waals surface area contributed by atoms with Gasteiger partial charge in [0.05, 0.1) is 12.0 Å². The van der Waals surface area contributed by atoms with Gasteiger partial charge in [-0.05, 0) is 12.8 Å². The average molecular weight is 405 g/mol. The summed E-state index contributed by atoms with van der Waals surface area (Å²) >= 11 is 0. The molecule has 0 N–H and O–H groups in total. The van der Waals surface area contributed by atoms with E-state index in [4.69, 9.17) is 14.2 Å². The van der Waals surface area contributed by atoms with Crippen molar-refractivity contribution in [2.24, 2.45) is 22.7 Å². The van der Waals surface area contributed by atoms with E-state index in [2.05, 4.69) is 20.8 Å². The number of carbonyl (C=O) groups excluding carboxylic acids is 3. The molecule has 2 saturated heterocycles. The standard InChI is InChI=1S/C23H32O6/c1-5-6-7-8-9-10-14(24)28-18-15-13(11-20(18,2)3)16(25)23-19(29-23)17(26)22(12-27-22)21(15,23)4/h13,15,18-19H,5-12H2,1-4H3/t13-,15-,18+,19+,21+,22-,23+/m0/s1. The summed E-state index contributed by atoms with van der Waals surface area (Å²) in [6.07, 6.45) is 5.36. The van der Waals surface area contributed by atoms with Crippen molar-refractivity contribution in [1.82, 2.24) is 0 Å². The van der Waals surface area contributed by atoms with E-state index in [9.17, 15) is 14.4 Å². The topological polar surface area (TPSA) is 85.5 Å². The fourth-order valence-electron chi connectivity index (χ4n) is 7.08. The van der Waals surface area contributed by atoms with Gasteiger partial charge in [-0.2, -0.15) is 0 Å². The van der Waals surface area contributed by atoms with Crippen LogP contribution in [0.3, 0.4) is 0 Å². The third-order valence-electron chi connectivity index (χ3n) is 8.68. The number of carbonyl (C=O) groups is 3. The highest BCUT2D eigenvalue weighted by Gasteiger charge is 2.98. The smallest absolute Gasteiger partial charge is 0.306 e. The normalized spacial score (nSPS) is 47.9. The van der Waals surface area contributed by atoms with Crippen molar-refractivity contribution in [2.75, 3.05) is 6.61 Å². The number of rotatable bonds is 7. The van der Waals surface area contributed by atoms with Gasteiger partial charge in [0.25, 0.3) is 0 Å². The van der Waals surface area contributed by atoms with Crippen LogP contribution < -0.4 is 0 Å². The van der Waals surface area contributed by atoms with Gasteiger partial charge >= 0.3 is 5.97 Å². The summed E-state index contributed by atoms with van der Waals surface area (Å²) in [6.45, 7) is 8.62. The van der Waals surface area contributed by atoms with E-state index >= 15 is 0 Å². The first-order valence-electron chi connectivity index (χ1n) is 11.3. The van der Waals surface area contributed by atoms with Crippen LogP contribution in [0.1, 0.15) is 72.6 Å². The molecule has 0 amide bonds. The van der Waals surface area contributed by atoms with Gasteiger partial charge in [0.1, 0.15) is 6.10 Å². The molecule has 7 atom stereocenters. The predicted molar refractivity (Wildman–Crippen MR) is 103 cm³/mol. The van der Waals surface area contributed by atoms with Gasteiger partial charge in [0.15, 0.2) is 28.9 Å². The Bertz CT molecular complexity index is 782. The van der Waals surface area contributed by atoms with E-state index in [1.807, 2.05) is 6.92 Å². The average Bonchev–Trinajstić information content (AvgIpc) is 3.55. The summed E-state index contributed by atoms with van der Waals surface area (Å²) < 4.78 is 17.6. The van der Waals surface area contributed by atoms with Crippen LogP contribution in [0.4, 0.5) is 0 Å². The molecule has 0 aromatic heterocycles. The fraction of sp³-hybridized carbons (Fsp3) is 0.870. The van der Waals surface area contributed by atoms with E-state index in [-0.39, 0.29) is 34.8 Å². The van der Waals surface area contributed by atoms with Gasteiger partial charge in [-0.3, -0.25) is 14.4 Å². The zero-order valence-corrected chi connectivity index (χ0v) is 17.9. The van der Waals surface area contributed by atoms with E-state index in [1.165, 1.54) is 12.8 Å². The van der Waals surface area contributed by atoms with Crippen LogP contribution in [0, 0.1) is 22.7 Å². The van der Waals surface area contributed by atoms with Crippen molar-refractivity contribution in [3.8, 4) is 0 Å². The molecule has 6 heteroatoms. The van der Waals surface area contributed by atoms with Crippen molar-refractivity contribution >= 4 is 17.5 Å². The molecule has 0 bridgehead atoms. The highest BCUT2D eigenvalue weighted by molar-refractivity contribution is 6.14. The third kappa shape index (κ3) is 2.17. The zero-order valence-electron chi connectivity index (χ0n) is 17.9. The summed E-state index contributed by atoms with van der Waals surface area (Å²) in [6, 6.07) is 0. The van der Waals surface area contributed by atoms with Crippen LogP contribution in [0.25, 0.3) is 0 Å². The van der Waals surface area contributed by atoms with Gasteiger partial charge < -0.3 is 14.2 Å². The largest absolute Gasteiger partial charge is 0.461 e. The first kappa shape index (κ1) is 19.7. The Morgan fingerprint density at radius 3 is 2.45 bits per heavy atom. The van der Waals surface area contributed by atoms with Gasteiger partial charge in [-0.1, -0.05) is 53.4 Å². The predicted octanol–water partition coefficient (Wildman–Crippen LogP) is 3.00. The molecule has 5 rings (SSSR count). The summed E-state index contributed by atoms with van der Waals surface area (Å²) in [5, 5.41) is 0. The second-order valence-electron chi connectivity index (χ2n) is 10.7. The molecule has 6 nitrogen and oxygen atoms in total. The number of fused-ring (bicyclic) bond motifs is 3. The van der Waals surface area contributed by atoms with Crippen LogP contribution in [0.2, 0.25) is 0 Å². The van der Waals surface area contributed by atoms with Gasteiger partial charge in [0, 0.05) is 23.7 Å². The molecule has 0 aromatic rings. The monoisotopic (exact) mass is 404 g/mol. The SMILES string of the molecule is CCCCCCCC(=O)O[C@@H]1[C@@H]2[C@H](CC1(C)C)C(=O)[C@@]13O[C@@H]1C(=O)[C@@]1(CO1)[C@@]23C. The van der Waals surface area contributed by atoms with Gasteiger partial charge in [-0.25, -0.2) is 0 Å². The first-order valence-corrected chi connectivity index (χ1v) is 11.3. The highest BCUT2D eigenvalue weighted by Crippen LogP contribution is 2.79. The van der Waals surface area contributed by atoms with Crippen molar-refractivity contribution in [3.63, 3.8) is 0 Å². The molecule has 0 aromatic carbocycles. The molecule has 2 spiro atoms. The molecule has 5 fully saturated rings. The lowest BCUT2D eigenvalue weighted by Gasteiger charge is -2.40. The maximum Gasteiger partial charge on any atom is 0.306 e. The second-order valence-corrected chi connectivity index (χ2v) is 10.7. The zero-order chi connectivity index (χ0) is 20.8. The number of epoxide rings is 2. The van der Waals surface area contributed by atoms with Crippen LogP contribution in [0.5, 0.6) is 0 Å². The Labute approximate surface area is 172 Å². The van der Waals surface area contributed by atoms with Crippen molar-refractivity contribution in [3.05, 3.63) is 0 Å². The Balaban J connectivity index is 1.38. The molecule has 29 heavy (non-hydrogen) atoms. The molecule has 3 saturated carbocycles. The Morgan fingerprint density at radius 2 is 1.79 bits per heavy atom. The van der Waals surface area contributed by atoms with E-state index in [1.54, 1.807) is 0 Å². The third-order valence-corrected chi connectivity index (χ3v) is 8.68. The molecular formula is C23H32O6. The number of Topliss-reactive ketones (excluding diaryl/α,β-unsaturated/α-hetero) is 2. The van der Waals surface area contributed by atoms with E-state index in [0.29, 0.717) is 19.4 Å². The minimum Gasteiger partial charge on any atom is -0.461 e. The maximum atomic E-state index is 13.4. The van der Waals surface area contributed by atoms with Crippen LogP contribution in [-0.2, 0) is 28.6 Å². The first-order chi connectivity index (χ1) is 13.7. The molecule has 3 aliphatic carbocycles. The molecule has 5 aliphatic rings. The molecule has 2 aliphatic heterocycles. The van der Waals surface area contributed by atoms with Crippen molar-refractivity contribution < 1.29 is 28.6 Å². The summed E-state index contributed by atoms with van der Waals surface area (Å²) in [5.41, 5.74) is -3.03. The van der Waals surface area contributed by atoms with E-state index in [0.717, 1.165) is 19.3 Å². The van der Waals surface area contributed by atoms with E-state index < -0.39 is 28.8 Å². The molecule has 2 heterocycles. The Morgan fingerprint density at radius 1 is 1.10 bits per heavy atom. The number of ether oxygens (including phenoxy) is 3. The Hall–Kier alpha value is -1.27. The number of esters is 1. The minimum absolute atomic E-state index is 0.0296. The lowest BCUT2D eigenvalue weighted by molar-refractivity contribution is -0.163. The fourth-order valence-corrected chi connectivity index (χ4v) is 7.08. The maximum absolute atomic E-state index is 13.4. The number of hydrogen-bond donors (Lipinski definition) is 0. The lowest BCUT2D eigenvalue weighted by Crippen LogP contribution is -2.53. The summed E-state index contributed by atoms with van der Waals surface area (Å²) in [5.74, 6) is -0.718. The van der Waals surface area contributed by atoms with Gasteiger partial charge in [-0.15, -0.1) is 0 Å². The number of ketones is 2. The highest BCUT2D eigenvalue weighted by atomic mass is 16.7. The quantitative estimate of drug-likeness (QED) is 0.368. The van der Waals surface area contributed by atoms with Crippen LogP contribution >= 0.6 is 0 Å². The second kappa shape index (κ2) is 5.91. The lowest BCUT2D eigenvalue weighted by atomic mass is 9.65. The molecule has 0 radical (unpaired) electrons. The molecule has 0 unspecified atom stereocenters. The Kier molecular flexibility index (Phi) is 4.01. The van der Waals surface area contributed by atoms with Crippen molar-refractivity contribution in [2.45, 2.75) is 96.1 Å². The number of hydrogen-bond acceptors (Lipinski definition) is 6. The minimum atomic E-state index is -1.04. The van der Waals surface area contributed by atoms with Crippen molar-refractivity contribution in [1.29, 1.82) is 0 Å². The van der Waals surface area contributed by atoms with Crippen LogP contribution in [0.15, 0.2) is 0 Å². The van der Waals surface area contributed by atoms with Crippen LogP contribution in [-0.4, -0.2) is 47.6 Å². The molecular weight excluding hydrogens is 372 g/mol. The summed E-state index contributed by atoms with van der Waals surface area (Å²) in [4.78, 5) is 39.0.